The van der Waals surface area contributed by atoms with Gasteiger partial charge in [-0.25, -0.2) is 0 Å². The molecule has 2 rings (SSSR count). The number of nitrogens with zero attached hydrogens (tertiary/aromatic N) is 2. The van der Waals surface area contributed by atoms with Crippen LogP contribution in [-0.4, -0.2) is 57.8 Å². The standard InChI is InChI=1S/C14H21N3O2/c1-16(2)13-5-3-12(4-6-13)15-11-14(18)17-7-9-19-10-8-17/h3-6,15H,7-11H2,1-2H3. The predicted molar refractivity (Wildman–Crippen MR) is 76.7 cm³/mol. The van der Waals surface area contributed by atoms with Gasteiger partial charge in [0.15, 0.2) is 0 Å². The fraction of sp³-hybridized carbons (Fsp3) is 0.500. The first kappa shape index (κ1) is 13.7. The molecule has 1 aliphatic heterocycles. The maximum absolute atomic E-state index is 11.9. The lowest BCUT2D eigenvalue weighted by atomic mass is 10.2. The van der Waals surface area contributed by atoms with Gasteiger partial charge in [0, 0.05) is 38.6 Å². The third-order valence-corrected chi connectivity index (χ3v) is 3.19. The Balaban J connectivity index is 1.82. The van der Waals surface area contributed by atoms with Crippen molar-refractivity contribution < 1.29 is 9.53 Å². The third kappa shape index (κ3) is 3.86. The molecule has 104 valence electrons. The number of amides is 1. The van der Waals surface area contributed by atoms with Crippen molar-refractivity contribution in [2.24, 2.45) is 0 Å². The molecule has 1 aliphatic rings. The van der Waals surface area contributed by atoms with Gasteiger partial charge in [0.25, 0.3) is 0 Å². The van der Waals surface area contributed by atoms with E-state index in [2.05, 4.69) is 5.32 Å². The van der Waals surface area contributed by atoms with E-state index in [4.69, 9.17) is 4.74 Å². The van der Waals surface area contributed by atoms with Gasteiger partial charge < -0.3 is 19.9 Å². The van der Waals surface area contributed by atoms with Crippen LogP contribution in [0.25, 0.3) is 0 Å². The molecule has 1 aromatic rings. The van der Waals surface area contributed by atoms with Crippen molar-refractivity contribution in [3.05, 3.63) is 24.3 Å². The first-order valence-electron chi connectivity index (χ1n) is 6.53. The summed E-state index contributed by atoms with van der Waals surface area (Å²) in [6, 6.07) is 8.03. The van der Waals surface area contributed by atoms with E-state index in [1.807, 2.05) is 48.2 Å². The van der Waals surface area contributed by atoms with Gasteiger partial charge in [-0.05, 0) is 24.3 Å². The van der Waals surface area contributed by atoms with Crippen LogP contribution in [0.3, 0.4) is 0 Å². The summed E-state index contributed by atoms with van der Waals surface area (Å²) in [5, 5.41) is 3.16. The number of carbonyl (C=O) groups excluding carboxylic acids is 1. The van der Waals surface area contributed by atoms with Crippen molar-refractivity contribution in [2.75, 3.05) is 57.2 Å². The molecule has 1 N–H and O–H groups in total. The lowest BCUT2D eigenvalue weighted by molar-refractivity contribution is -0.133. The minimum absolute atomic E-state index is 0.125. The van der Waals surface area contributed by atoms with E-state index in [1.165, 1.54) is 0 Å². The second-order valence-electron chi connectivity index (χ2n) is 4.79. The zero-order valence-corrected chi connectivity index (χ0v) is 11.6. The Morgan fingerprint density at radius 1 is 1.26 bits per heavy atom. The number of hydrogen-bond donors (Lipinski definition) is 1. The largest absolute Gasteiger partial charge is 0.378 e. The highest BCUT2D eigenvalue weighted by molar-refractivity contribution is 5.81. The first-order chi connectivity index (χ1) is 9.16. The summed E-state index contributed by atoms with van der Waals surface area (Å²) in [5.74, 6) is 0.125. The number of ether oxygens (including phenoxy) is 1. The number of anilines is 2. The quantitative estimate of drug-likeness (QED) is 0.881. The Labute approximate surface area is 114 Å². The van der Waals surface area contributed by atoms with Crippen LogP contribution >= 0.6 is 0 Å². The van der Waals surface area contributed by atoms with Gasteiger partial charge in [0.05, 0.1) is 19.8 Å². The number of morpholine rings is 1. The lowest BCUT2D eigenvalue weighted by Gasteiger charge is -2.27. The molecule has 1 aromatic carbocycles. The maximum Gasteiger partial charge on any atom is 0.242 e. The Morgan fingerprint density at radius 2 is 1.89 bits per heavy atom. The van der Waals surface area contributed by atoms with Gasteiger partial charge in [-0.1, -0.05) is 0 Å². The molecular weight excluding hydrogens is 242 g/mol. The normalized spacial score (nSPS) is 15.2. The average Bonchev–Trinajstić information content (AvgIpc) is 2.46. The zero-order valence-electron chi connectivity index (χ0n) is 11.6. The van der Waals surface area contributed by atoms with E-state index < -0.39 is 0 Å². The van der Waals surface area contributed by atoms with Crippen molar-refractivity contribution in [2.45, 2.75) is 0 Å². The van der Waals surface area contributed by atoms with Gasteiger partial charge in [-0.15, -0.1) is 0 Å². The van der Waals surface area contributed by atoms with Gasteiger partial charge >= 0.3 is 0 Å². The molecule has 5 nitrogen and oxygen atoms in total. The maximum atomic E-state index is 11.9. The molecule has 19 heavy (non-hydrogen) atoms. The molecule has 0 aromatic heterocycles. The first-order valence-corrected chi connectivity index (χ1v) is 6.53. The highest BCUT2D eigenvalue weighted by Gasteiger charge is 2.16. The molecule has 5 heteroatoms. The van der Waals surface area contributed by atoms with Crippen LogP contribution < -0.4 is 10.2 Å². The second kappa shape index (κ2) is 6.43. The van der Waals surface area contributed by atoms with Crippen LogP contribution in [0.5, 0.6) is 0 Å². The average molecular weight is 263 g/mol. The van der Waals surface area contributed by atoms with E-state index in [0.29, 0.717) is 32.8 Å². The minimum atomic E-state index is 0.125. The highest BCUT2D eigenvalue weighted by Crippen LogP contribution is 2.15. The minimum Gasteiger partial charge on any atom is -0.378 e. The molecule has 0 spiro atoms. The summed E-state index contributed by atoms with van der Waals surface area (Å²) in [6.45, 7) is 3.01. The smallest absolute Gasteiger partial charge is 0.242 e. The molecule has 0 unspecified atom stereocenters. The fourth-order valence-electron chi connectivity index (χ4n) is 1.98. The Kier molecular flexibility index (Phi) is 4.63. The SMILES string of the molecule is CN(C)c1ccc(NCC(=O)N2CCOCC2)cc1. The van der Waals surface area contributed by atoms with E-state index in [9.17, 15) is 4.79 Å². The van der Waals surface area contributed by atoms with Crippen molar-refractivity contribution in [3.8, 4) is 0 Å². The van der Waals surface area contributed by atoms with Crippen LogP contribution in [0.1, 0.15) is 0 Å². The van der Waals surface area contributed by atoms with Crippen LogP contribution in [0.15, 0.2) is 24.3 Å². The number of hydrogen-bond acceptors (Lipinski definition) is 4. The van der Waals surface area contributed by atoms with E-state index >= 15 is 0 Å². The second-order valence-corrected chi connectivity index (χ2v) is 4.79. The van der Waals surface area contributed by atoms with E-state index in [-0.39, 0.29) is 5.91 Å². The van der Waals surface area contributed by atoms with Crippen LogP contribution in [0.2, 0.25) is 0 Å². The van der Waals surface area contributed by atoms with Crippen molar-refractivity contribution in [1.82, 2.24) is 4.90 Å². The number of carbonyl (C=O) groups is 1. The molecule has 1 saturated heterocycles. The van der Waals surface area contributed by atoms with E-state index in [0.717, 1.165) is 11.4 Å². The summed E-state index contributed by atoms with van der Waals surface area (Å²) in [6.07, 6.45) is 0. The van der Waals surface area contributed by atoms with Gasteiger partial charge in [-0.2, -0.15) is 0 Å². The molecule has 1 heterocycles. The molecule has 0 saturated carbocycles. The highest BCUT2D eigenvalue weighted by atomic mass is 16.5. The van der Waals surface area contributed by atoms with Crippen LogP contribution in [0, 0.1) is 0 Å². The molecular formula is C14H21N3O2. The van der Waals surface area contributed by atoms with Crippen LogP contribution in [-0.2, 0) is 9.53 Å². The van der Waals surface area contributed by atoms with Crippen molar-refractivity contribution in [1.29, 1.82) is 0 Å². The predicted octanol–water partition coefficient (Wildman–Crippen LogP) is 1.02. The summed E-state index contributed by atoms with van der Waals surface area (Å²) in [7, 11) is 4.01. The Hall–Kier alpha value is -1.75. The molecule has 0 radical (unpaired) electrons. The molecule has 0 aliphatic carbocycles. The fourth-order valence-corrected chi connectivity index (χ4v) is 1.98. The Morgan fingerprint density at radius 3 is 2.47 bits per heavy atom. The van der Waals surface area contributed by atoms with Gasteiger partial charge in [0.2, 0.25) is 5.91 Å². The molecule has 0 bridgehead atoms. The third-order valence-electron chi connectivity index (χ3n) is 3.19. The molecule has 0 atom stereocenters. The summed E-state index contributed by atoms with van der Waals surface area (Å²) in [4.78, 5) is 15.8. The monoisotopic (exact) mass is 263 g/mol. The van der Waals surface area contributed by atoms with E-state index in [1.54, 1.807) is 0 Å². The molecule has 1 fully saturated rings. The van der Waals surface area contributed by atoms with Gasteiger partial charge in [0.1, 0.15) is 0 Å². The zero-order chi connectivity index (χ0) is 13.7. The van der Waals surface area contributed by atoms with Gasteiger partial charge in [-0.3, -0.25) is 4.79 Å². The molecule has 1 amide bonds. The lowest BCUT2D eigenvalue weighted by Crippen LogP contribution is -2.43. The summed E-state index contributed by atoms with van der Waals surface area (Å²) >= 11 is 0. The number of rotatable bonds is 4. The van der Waals surface area contributed by atoms with Crippen LogP contribution in [0.4, 0.5) is 11.4 Å². The van der Waals surface area contributed by atoms with Crippen molar-refractivity contribution >= 4 is 17.3 Å². The summed E-state index contributed by atoms with van der Waals surface area (Å²) in [5.41, 5.74) is 2.11. The van der Waals surface area contributed by atoms with Crippen molar-refractivity contribution in [3.63, 3.8) is 0 Å². The topological polar surface area (TPSA) is 44.8 Å². The number of benzene rings is 1. The summed E-state index contributed by atoms with van der Waals surface area (Å²) < 4.78 is 5.23. The Bertz CT molecular complexity index is 411. The number of nitrogens with one attached hydrogen (secondary N) is 1.